The van der Waals surface area contributed by atoms with E-state index in [-0.39, 0.29) is 18.2 Å². The Hall–Kier alpha value is -4.13. The average Bonchev–Trinajstić information content (AvgIpc) is 3.64. The van der Waals surface area contributed by atoms with Crippen molar-refractivity contribution in [1.29, 1.82) is 0 Å². The number of nitrogens with one attached hydrogen (secondary N) is 1. The molecule has 42 heavy (non-hydrogen) atoms. The van der Waals surface area contributed by atoms with E-state index in [4.69, 9.17) is 22.2 Å². The van der Waals surface area contributed by atoms with Gasteiger partial charge in [0.1, 0.15) is 12.4 Å². The fraction of sp³-hybridized carbons (Fsp3) is 0.379. The number of halogens is 1. The molecule has 0 fully saturated rings. The molecule has 4 rings (SSSR count). The van der Waals surface area contributed by atoms with Crippen LogP contribution in [-0.2, 0) is 34.0 Å². The van der Waals surface area contributed by atoms with Crippen molar-refractivity contribution in [3.63, 3.8) is 0 Å². The minimum atomic E-state index is -1.15. The molecule has 0 bridgehead atoms. The van der Waals surface area contributed by atoms with Gasteiger partial charge in [-0.05, 0) is 54.1 Å². The number of hydrogen-bond donors (Lipinski definition) is 3. The van der Waals surface area contributed by atoms with Crippen molar-refractivity contribution in [2.75, 3.05) is 6.54 Å². The molecule has 4 aromatic rings. The molecule has 222 valence electrons. The van der Waals surface area contributed by atoms with Crippen LogP contribution in [0.25, 0.3) is 22.5 Å². The van der Waals surface area contributed by atoms with E-state index >= 15 is 0 Å². The highest BCUT2D eigenvalue weighted by molar-refractivity contribution is 6.30. The number of aromatic nitrogens is 6. The Morgan fingerprint density at radius 2 is 1.93 bits per heavy atom. The van der Waals surface area contributed by atoms with Crippen LogP contribution >= 0.6 is 11.6 Å². The summed E-state index contributed by atoms with van der Waals surface area (Å²) in [6.45, 7) is 2.89. The molecule has 1 atom stereocenters. The van der Waals surface area contributed by atoms with Crippen molar-refractivity contribution in [3.8, 4) is 22.5 Å². The van der Waals surface area contributed by atoms with Gasteiger partial charge in [-0.3, -0.25) is 9.63 Å². The van der Waals surface area contributed by atoms with E-state index < -0.39 is 12.0 Å². The quantitative estimate of drug-likeness (QED) is 0.0920. The van der Waals surface area contributed by atoms with Gasteiger partial charge in [-0.15, -0.1) is 10.2 Å². The Morgan fingerprint density at radius 3 is 2.57 bits per heavy atom. The van der Waals surface area contributed by atoms with Gasteiger partial charge in [0.15, 0.2) is 11.2 Å². The van der Waals surface area contributed by atoms with Gasteiger partial charge < -0.3 is 15.4 Å². The topological polar surface area (TPSA) is 165 Å². The van der Waals surface area contributed by atoms with Gasteiger partial charge >= 0.3 is 5.97 Å². The summed E-state index contributed by atoms with van der Waals surface area (Å²) in [7, 11) is 0. The molecule has 0 aliphatic heterocycles. The second kappa shape index (κ2) is 15.2. The first kappa shape index (κ1) is 30.8. The minimum Gasteiger partial charge on any atom is -0.480 e. The molecule has 12 nitrogen and oxygen atoms in total. The van der Waals surface area contributed by atoms with Crippen molar-refractivity contribution in [1.82, 2.24) is 35.2 Å². The normalized spacial score (nSPS) is 11.9. The van der Waals surface area contributed by atoms with Crippen molar-refractivity contribution in [2.45, 2.75) is 64.6 Å². The first-order valence-corrected chi connectivity index (χ1v) is 14.3. The van der Waals surface area contributed by atoms with Gasteiger partial charge in [0.2, 0.25) is 12.2 Å². The lowest BCUT2D eigenvalue weighted by molar-refractivity contribution is -0.202. The Kier molecular flexibility index (Phi) is 11.2. The Morgan fingerprint density at radius 1 is 1.17 bits per heavy atom. The zero-order chi connectivity index (χ0) is 29.9. The van der Waals surface area contributed by atoms with Gasteiger partial charge in [-0.1, -0.05) is 73.5 Å². The SMILES string of the molecule is CCCCc1nc(Cl)c(CON(C=O)C(CCCCN)C(=O)O)n1Cc1ccc(-c2ccccc2-c2nn[nH]n2)cc1. The van der Waals surface area contributed by atoms with Gasteiger partial charge in [0, 0.05) is 18.5 Å². The maximum atomic E-state index is 11.9. The second-order valence-corrected chi connectivity index (χ2v) is 10.2. The zero-order valence-electron chi connectivity index (χ0n) is 23.4. The van der Waals surface area contributed by atoms with Crippen molar-refractivity contribution in [2.24, 2.45) is 5.73 Å². The molecule has 1 amide bonds. The summed E-state index contributed by atoms with van der Waals surface area (Å²) in [4.78, 5) is 34.0. The van der Waals surface area contributed by atoms with Crippen LogP contribution in [-0.4, -0.2) is 65.3 Å². The summed E-state index contributed by atoms with van der Waals surface area (Å²) in [6.07, 6.45) is 4.42. The van der Waals surface area contributed by atoms with E-state index in [9.17, 15) is 14.7 Å². The van der Waals surface area contributed by atoms with Crippen molar-refractivity contribution < 1.29 is 19.5 Å². The minimum absolute atomic E-state index is 0.118. The summed E-state index contributed by atoms with van der Waals surface area (Å²) in [6, 6.07) is 14.8. The number of H-pyrrole nitrogens is 1. The predicted molar refractivity (Wildman–Crippen MR) is 157 cm³/mol. The molecule has 1 unspecified atom stereocenters. The molecule has 0 radical (unpaired) electrons. The van der Waals surface area contributed by atoms with E-state index in [1.807, 2.05) is 53.1 Å². The molecular formula is C29H35ClN8O4. The second-order valence-electron chi connectivity index (χ2n) is 9.81. The number of unbranched alkanes of at least 4 members (excludes halogenated alkanes) is 2. The Labute approximate surface area is 248 Å². The van der Waals surface area contributed by atoms with Crippen LogP contribution in [0.4, 0.5) is 0 Å². The highest BCUT2D eigenvalue weighted by Gasteiger charge is 2.26. The number of carbonyl (C=O) groups excluding carboxylic acids is 1. The number of amides is 1. The fourth-order valence-electron chi connectivity index (χ4n) is 4.70. The van der Waals surface area contributed by atoms with Crippen molar-refractivity contribution >= 4 is 24.0 Å². The van der Waals surface area contributed by atoms with Crippen LogP contribution in [0.3, 0.4) is 0 Å². The first-order chi connectivity index (χ1) is 20.5. The summed E-state index contributed by atoms with van der Waals surface area (Å²) < 4.78 is 1.98. The molecule has 0 aliphatic carbocycles. The number of carboxylic acids is 1. The lowest BCUT2D eigenvalue weighted by Gasteiger charge is -2.24. The van der Waals surface area contributed by atoms with Crippen LogP contribution in [0.1, 0.15) is 56.1 Å². The fourth-order valence-corrected chi connectivity index (χ4v) is 4.96. The highest BCUT2D eigenvalue weighted by atomic mass is 35.5. The number of hydrogen-bond acceptors (Lipinski definition) is 8. The van der Waals surface area contributed by atoms with E-state index in [1.165, 1.54) is 0 Å². The average molecular weight is 595 g/mol. The number of aliphatic carboxylic acids is 1. The van der Waals surface area contributed by atoms with E-state index in [0.29, 0.717) is 50.3 Å². The zero-order valence-corrected chi connectivity index (χ0v) is 24.2. The van der Waals surface area contributed by atoms with Gasteiger partial charge in [0.25, 0.3) is 0 Å². The lowest BCUT2D eigenvalue weighted by Crippen LogP contribution is -2.40. The number of benzene rings is 2. The number of imidazole rings is 1. The third kappa shape index (κ3) is 7.58. The summed E-state index contributed by atoms with van der Waals surface area (Å²) in [5.41, 5.74) is 9.93. The molecule has 0 saturated heterocycles. The van der Waals surface area contributed by atoms with Gasteiger partial charge in [-0.2, -0.15) is 5.21 Å². The van der Waals surface area contributed by atoms with E-state index in [2.05, 4.69) is 32.5 Å². The number of aromatic amines is 1. The summed E-state index contributed by atoms with van der Waals surface area (Å²) >= 11 is 6.57. The van der Waals surface area contributed by atoms with Gasteiger partial charge in [-0.25, -0.2) is 14.8 Å². The maximum Gasteiger partial charge on any atom is 0.329 e. The summed E-state index contributed by atoms with van der Waals surface area (Å²) in [5.74, 6) is 0.160. The number of tetrazole rings is 1. The summed E-state index contributed by atoms with van der Waals surface area (Å²) in [5, 5.41) is 25.2. The molecule has 0 saturated carbocycles. The van der Waals surface area contributed by atoms with Crippen molar-refractivity contribution in [3.05, 3.63) is 70.8 Å². The number of carbonyl (C=O) groups is 2. The molecule has 2 heterocycles. The number of nitrogens with zero attached hydrogens (tertiary/aromatic N) is 6. The number of hydroxylamine groups is 2. The van der Waals surface area contributed by atoms with Crippen LogP contribution in [0.15, 0.2) is 48.5 Å². The van der Waals surface area contributed by atoms with Gasteiger partial charge in [0.05, 0.1) is 5.69 Å². The standard InChI is InChI=1S/C29H35ClN8O4/c1-2-3-11-26-32-27(30)25(18-42-38(19-39)24(29(40)41)10-6-7-16-31)37(26)17-20-12-14-21(15-13-20)22-8-4-5-9-23(22)28-33-35-36-34-28/h4-5,8-9,12-15,19,24H,2-3,6-7,10-11,16-18,31H2,1H3,(H,40,41)(H,33,34,35,36). The lowest BCUT2D eigenvalue weighted by atomic mass is 9.98. The molecule has 0 aliphatic rings. The van der Waals surface area contributed by atoms with E-state index in [1.54, 1.807) is 0 Å². The first-order valence-electron chi connectivity index (χ1n) is 13.9. The number of aryl methyl sites for hydroxylation is 1. The Balaban J connectivity index is 1.56. The number of nitrogens with two attached hydrogens (primary N) is 1. The monoisotopic (exact) mass is 594 g/mol. The molecular weight excluding hydrogens is 560 g/mol. The molecule has 2 aromatic carbocycles. The third-order valence-corrected chi connectivity index (χ3v) is 7.26. The van der Waals surface area contributed by atoms with Crippen LogP contribution in [0.2, 0.25) is 5.15 Å². The molecule has 0 spiro atoms. The number of carboxylic acid groups (broad SMARTS) is 1. The maximum absolute atomic E-state index is 11.9. The van der Waals surface area contributed by atoms with Crippen LogP contribution in [0.5, 0.6) is 0 Å². The largest absolute Gasteiger partial charge is 0.480 e. The van der Waals surface area contributed by atoms with E-state index in [0.717, 1.165) is 46.0 Å². The molecule has 4 N–H and O–H groups in total. The highest BCUT2D eigenvalue weighted by Crippen LogP contribution is 2.30. The van der Waals surface area contributed by atoms with Crippen LogP contribution in [0, 0.1) is 0 Å². The number of rotatable bonds is 17. The Bertz CT molecular complexity index is 1440. The molecule has 13 heteroatoms. The predicted octanol–water partition coefficient (Wildman–Crippen LogP) is 4.25. The molecule has 2 aromatic heterocycles. The smallest absolute Gasteiger partial charge is 0.329 e. The van der Waals surface area contributed by atoms with Crippen LogP contribution < -0.4 is 5.73 Å². The third-order valence-electron chi connectivity index (χ3n) is 6.95.